The Morgan fingerprint density at radius 2 is 2.00 bits per heavy atom. The van der Waals surface area contributed by atoms with Crippen LogP contribution in [-0.2, 0) is 6.54 Å². The van der Waals surface area contributed by atoms with Gasteiger partial charge in [0.05, 0.1) is 5.60 Å². The number of halogens is 1. The second kappa shape index (κ2) is 6.24. The molecule has 4 heteroatoms. The number of nitrogens with two attached hydrogens (primary N) is 1. The highest BCUT2D eigenvalue weighted by atomic mass is 35.5. The van der Waals surface area contributed by atoms with Crippen LogP contribution in [0.1, 0.15) is 32.3 Å². The fraction of sp³-hybridized carbons (Fsp3) is 0.538. The van der Waals surface area contributed by atoms with Gasteiger partial charge in [-0.1, -0.05) is 31.5 Å². The Kier molecular flexibility index (Phi) is 5.25. The first kappa shape index (κ1) is 14.3. The molecule has 0 bridgehead atoms. The summed E-state index contributed by atoms with van der Waals surface area (Å²) in [5.41, 5.74) is 5.63. The van der Waals surface area contributed by atoms with Crippen LogP contribution >= 0.6 is 11.6 Å². The van der Waals surface area contributed by atoms with Gasteiger partial charge < -0.3 is 15.6 Å². The molecule has 96 valence electrons. The summed E-state index contributed by atoms with van der Waals surface area (Å²) in [4.78, 5) is 0. The van der Waals surface area contributed by atoms with Gasteiger partial charge in [0.25, 0.3) is 0 Å². The number of hydrogen-bond acceptors (Lipinski definition) is 3. The van der Waals surface area contributed by atoms with Crippen LogP contribution in [0.5, 0.6) is 5.75 Å². The van der Waals surface area contributed by atoms with Crippen LogP contribution in [0.2, 0.25) is 5.02 Å². The van der Waals surface area contributed by atoms with Gasteiger partial charge >= 0.3 is 0 Å². The van der Waals surface area contributed by atoms with Crippen molar-refractivity contribution in [3.05, 3.63) is 28.8 Å². The zero-order chi connectivity index (χ0) is 12.9. The molecule has 0 saturated heterocycles. The highest BCUT2D eigenvalue weighted by Gasteiger charge is 2.23. The fourth-order valence-corrected chi connectivity index (χ4v) is 1.78. The summed E-state index contributed by atoms with van der Waals surface area (Å²) >= 11 is 6.02. The van der Waals surface area contributed by atoms with E-state index in [1.165, 1.54) is 0 Å². The van der Waals surface area contributed by atoms with E-state index in [0.717, 1.165) is 5.56 Å². The summed E-state index contributed by atoms with van der Waals surface area (Å²) in [5, 5.41) is 10.7. The Bertz CT molecular complexity index is 364. The second-order valence-corrected chi connectivity index (χ2v) is 4.55. The van der Waals surface area contributed by atoms with Crippen molar-refractivity contribution < 1.29 is 9.84 Å². The third kappa shape index (κ3) is 3.60. The van der Waals surface area contributed by atoms with E-state index in [2.05, 4.69) is 0 Å². The van der Waals surface area contributed by atoms with Crippen molar-refractivity contribution in [1.82, 2.24) is 0 Å². The molecule has 0 aliphatic heterocycles. The van der Waals surface area contributed by atoms with Crippen molar-refractivity contribution in [2.45, 2.75) is 38.8 Å². The molecule has 0 heterocycles. The summed E-state index contributed by atoms with van der Waals surface area (Å²) in [7, 11) is 0. The average molecular weight is 258 g/mol. The maximum absolute atomic E-state index is 10.1. The van der Waals surface area contributed by atoms with E-state index in [4.69, 9.17) is 22.1 Å². The van der Waals surface area contributed by atoms with E-state index >= 15 is 0 Å². The summed E-state index contributed by atoms with van der Waals surface area (Å²) in [6.45, 7) is 4.46. The maximum atomic E-state index is 10.1. The standard InChI is InChI=1S/C13H20ClNO2/c1-3-13(16,4-2)9-17-12-7-5-6-11(14)10(12)8-15/h5-7,16H,3-4,8-9,15H2,1-2H3. The number of rotatable bonds is 6. The van der Waals surface area contributed by atoms with Gasteiger partial charge in [0.1, 0.15) is 12.4 Å². The highest BCUT2D eigenvalue weighted by molar-refractivity contribution is 6.31. The molecule has 3 nitrogen and oxygen atoms in total. The molecule has 1 aromatic carbocycles. The third-order valence-corrected chi connectivity index (χ3v) is 3.45. The minimum Gasteiger partial charge on any atom is -0.490 e. The molecule has 0 amide bonds. The Hall–Kier alpha value is -0.770. The van der Waals surface area contributed by atoms with Gasteiger partial charge in [-0.3, -0.25) is 0 Å². The molecule has 0 saturated carbocycles. The Labute approximate surface area is 108 Å². The van der Waals surface area contributed by atoms with E-state index in [-0.39, 0.29) is 6.61 Å². The van der Waals surface area contributed by atoms with Crippen LogP contribution in [0, 0.1) is 0 Å². The highest BCUT2D eigenvalue weighted by Crippen LogP contribution is 2.27. The molecule has 0 radical (unpaired) electrons. The van der Waals surface area contributed by atoms with Crippen molar-refractivity contribution in [2.75, 3.05) is 6.61 Å². The monoisotopic (exact) mass is 257 g/mol. The first-order valence-electron chi connectivity index (χ1n) is 5.89. The maximum Gasteiger partial charge on any atom is 0.125 e. The molecule has 1 rings (SSSR count). The van der Waals surface area contributed by atoms with E-state index in [1.807, 2.05) is 26.0 Å². The fourth-order valence-electron chi connectivity index (χ4n) is 1.54. The zero-order valence-corrected chi connectivity index (χ0v) is 11.1. The van der Waals surface area contributed by atoms with E-state index in [0.29, 0.717) is 30.2 Å². The Morgan fingerprint density at radius 3 is 2.53 bits per heavy atom. The molecule has 17 heavy (non-hydrogen) atoms. The number of ether oxygens (including phenoxy) is 1. The quantitative estimate of drug-likeness (QED) is 0.824. The molecule has 0 aliphatic carbocycles. The first-order chi connectivity index (χ1) is 8.06. The SMILES string of the molecule is CCC(O)(CC)COc1cccc(Cl)c1CN. The van der Waals surface area contributed by atoms with Crippen LogP contribution in [0.4, 0.5) is 0 Å². The first-order valence-corrected chi connectivity index (χ1v) is 6.26. The van der Waals surface area contributed by atoms with Crippen LogP contribution in [-0.4, -0.2) is 17.3 Å². The predicted octanol–water partition coefficient (Wildman–Crippen LogP) is 2.73. The molecule has 3 N–H and O–H groups in total. The van der Waals surface area contributed by atoms with Gasteiger partial charge in [-0.05, 0) is 25.0 Å². The van der Waals surface area contributed by atoms with Crippen LogP contribution < -0.4 is 10.5 Å². The topological polar surface area (TPSA) is 55.5 Å². The molecule has 1 aromatic rings. The Morgan fingerprint density at radius 1 is 1.35 bits per heavy atom. The van der Waals surface area contributed by atoms with Crippen LogP contribution in [0.25, 0.3) is 0 Å². The predicted molar refractivity (Wildman–Crippen MR) is 70.4 cm³/mol. The van der Waals surface area contributed by atoms with E-state index in [1.54, 1.807) is 6.07 Å². The van der Waals surface area contributed by atoms with Crippen LogP contribution in [0.3, 0.4) is 0 Å². The molecule has 0 spiro atoms. The second-order valence-electron chi connectivity index (χ2n) is 4.14. The normalized spacial score (nSPS) is 11.6. The lowest BCUT2D eigenvalue weighted by molar-refractivity contribution is -0.0115. The molecule has 0 aliphatic rings. The lowest BCUT2D eigenvalue weighted by Crippen LogP contribution is -2.34. The van der Waals surface area contributed by atoms with Gasteiger partial charge in [-0.15, -0.1) is 0 Å². The number of benzene rings is 1. The molecule has 0 atom stereocenters. The van der Waals surface area contributed by atoms with Gasteiger partial charge in [-0.2, -0.15) is 0 Å². The molecule has 0 fully saturated rings. The minimum absolute atomic E-state index is 0.257. The summed E-state index contributed by atoms with van der Waals surface area (Å²) < 4.78 is 5.64. The van der Waals surface area contributed by atoms with Crippen LogP contribution in [0.15, 0.2) is 18.2 Å². The minimum atomic E-state index is -0.784. The van der Waals surface area contributed by atoms with Crippen molar-refractivity contribution in [3.63, 3.8) is 0 Å². The molecular formula is C13H20ClNO2. The lowest BCUT2D eigenvalue weighted by Gasteiger charge is -2.25. The van der Waals surface area contributed by atoms with Gasteiger partial charge in [0.15, 0.2) is 0 Å². The van der Waals surface area contributed by atoms with Crippen molar-refractivity contribution in [1.29, 1.82) is 0 Å². The smallest absolute Gasteiger partial charge is 0.125 e. The summed E-state index contributed by atoms with van der Waals surface area (Å²) in [6, 6.07) is 5.41. The Balaban J connectivity index is 2.79. The summed E-state index contributed by atoms with van der Waals surface area (Å²) in [5.74, 6) is 0.653. The van der Waals surface area contributed by atoms with Crippen molar-refractivity contribution in [2.24, 2.45) is 5.73 Å². The lowest BCUT2D eigenvalue weighted by atomic mass is 9.99. The third-order valence-electron chi connectivity index (χ3n) is 3.09. The van der Waals surface area contributed by atoms with Gasteiger partial charge in [-0.25, -0.2) is 0 Å². The van der Waals surface area contributed by atoms with Gasteiger partial charge in [0.2, 0.25) is 0 Å². The van der Waals surface area contributed by atoms with E-state index < -0.39 is 5.60 Å². The average Bonchev–Trinajstić information content (AvgIpc) is 2.36. The molecule has 0 aromatic heterocycles. The number of aliphatic hydroxyl groups is 1. The van der Waals surface area contributed by atoms with E-state index in [9.17, 15) is 5.11 Å². The summed E-state index contributed by atoms with van der Waals surface area (Å²) in [6.07, 6.45) is 1.31. The largest absolute Gasteiger partial charge is 0.490 e. The number of hydrogen-bond donors (Lipinski definition) is 2. The molecule has 0 unspecified atom stereocenters. The van der Waals surface area contributed by atoms with Crippen molar-refractivity contribution in [3.8, 4) is 5.75 Å². The zero-order valence-electron chi connectivity index (χ0n) is 10.4. The van der Waals surface area contributed by atoms with Crippen molar-refractivity contribution >= 4 is 11.6 Å². The van der Waals surface area contributed by atoms with Gasteiger partial charge in [0, 0.05) is 17.1 Å². The molecular weight excluding hydrogens is 238 g/mol.